The molecular weight excluding hydrogens is 1570 g/mol. The number of carbonyl (C=O) groups is 1. The number of ether oxygens (including phenoxy) is 19. The fourth-order valence-corrected chi connectivity index (χ4v) is 14.6. The first kappa shape index (κ1) is 93.7. The molecule has 52 heteroatoms. The van der Waals surface area contributed by atoms with Gasteiger partial charge in [-0.3, -0.25) is 4.79 Å². The van der Waals surface area contributed by atoms with Crippen molar-refractivity contribution in [3.05, 3.63) is 0 Å². The third kappa shape index (κ3) is 19.7. The van der Waals surface area contributed by atoms with Crippen molar-refractivity contribution in [2.45, 2.75) is 314 Å². The van der Waals surface area contributed by atoms with Crippen LogP contribution in [0, 0.1) is 0 Å². The highest BCUT2D eigenvalue weighted by molar-refractivity contribution is 5.73. The highest BCUT2D eigenvalue weighted by Crippen LogP contribution is 2.41. The van der Waals surface area contributed by atoms with E-state index in [1.807, 2.05) is 0 Å². The van der Waals surface area contributed by atoms with Gasteiger partial charge in [-0.15, -0.1) is 0 Å². The third-order valence-electron chi connectivity index (χ3n) is 21.3. The first-order valence-electron chi connectivity index (χ1n) is 36.2. The molecule has 10 aliphatic rings. The van der Waals surface area contributed by atoms with Gasteiger partial charge in [0.2, 0.25) is 5.91 Å². The molecule has 0 unspecified atom stereocenters. The van der Waals surface area contributed by atoms with Gasteiger partial charge in [0, 0.05) is 6.92 Å². The molecule has 10 aliphatic heterocycles. The lowest BCUT2D eigenvalue weighted by molar-refractivity contribution is -0.408. The second kappa shape index (κ2) is 40.6. The van der Waals surface area contributed by atoms with Gasteiger partial charge >= 0.3 is 0 Å². The Bertz CT molecular complexity index is 2920. The molecule has 50 atom stereocenters. The van der Waals surface area contributed by atoms with Gasteiger partial charge in [0.15, 0.2) is 62.9 Å². The summed E-state index contributed by atoms with van der Waals surface area (Å²) in [5, 5.41) is 344. The van der Waals surface area contributed by atoms with Crippen LogP contribution in [0.25, 0.3) is 0 Å². The molecule has 10 rings (SSSR count). The minimum absolute atomic E-state index is 0.882. The summed E-state index contributed by atoms with van der Waals surface area (Å²) in [6, 6.07) is -1.81. The smallest absolute Gasteiger partial charge is 0.217 e. The van der Waals surface area contributed by atoms with Crippen LogP contribution in [0.1, 0.15) is 6.92 Å². The molecule has 52 nitrogen and oxygen atoms in total. The van der Waals surface area contributed by atoms with Crippen molar-refractivity contribution >= 4 is 5.91 Å². The summed E-state index contributed by atoms with van der Waals surface area (Å²) in [6.45, 7) is -10.3. The van der Waals surface area contributed by atoms with Crippen molar-refractivity contribution < 1.29 is 253 Å². The zero-order valence-corrected chi connectivity index (χ0v) is 60.0. The van der Waals surface area contributed by atoms with Crippen molar-refractivity contribution in [1.82, 2.24) is 5.32 Å². The van der Waals surface area contributed by atoms with Crippen molar-refractivity contribution in [2.75, 3.05) is 66.1 Å². The molecule has 0 radical (unpaired) electrons. The predicted molar refractivity (Wildman–Crippen MR) is 341 cm³/mol. The minimum Gasteiger partial charge on any atom is -0.394 e. The van der Waals surface area contributed by atoms with Crippen LogP contribution >= 0.6 is 0 Å². The Balaban J connectivity index is 0.999. The molecule has 10 heterocycles. The predicted octanol–water partition coefficient (Wildman–Crippen LogP) is -22.7. The molecule has 32 N–H and O–H groups in total. The molecule has 0 bridgehead atoms. The molecule has 0 saturated carbocycles. The van der Waals surface area contributed by atoms with E-state index in [-0.39, 0.29) is 0 Å². The van der Waals surface area contributed by atoms with Crippen molar-refractivity contribution in [1.29, 1.82) is 0 Å². The summed E-state index contributed by atoms with van der Waals surface area (Å²) in [7, 11) is 0. The van der Waals surface area contributed by atoms with Gasteiger partial charge in [0.1, 0.15) is 244 Å². The molecule has 114 heavy (non-hydrogen) atoms. The quantitative estimate of drug-likeness (QED) is 0.0331. The molecule has 0 spiro atoms. The number of aliphatic hydroxyl groups excluding tert-OH is 31. The van der Waals surface area contributed by atoms with Crippen molar-refractivity contribution in [3.8, 4) is 0 Å². The maximum atomic E-state index is 12.6. The average Bonchev–Trinajstić information content (AvgIpc) is 0.768. The summed E-state index contributed by atoms with van der Waals surface area (Å²) >= 11 is 0. The standard InChI is InChI=1S/C62H105NO51/c1-12(72)63-23-33(82)46(20(9-71)98-53(23)95)108-58-45(94)48(110-61-52(40(89)30(79)18(7-69)104-61)114-62-51(39(88)29(78)19(8-70)105-62)113-57-43(92)36(85)26(75)15(4-66)101-57)32(81)22(107-58)10-96-54-44(93)47(109-60-50(38(87)28(77)17(6-68)103-60)112-56-42(91)35(84)25(74)14(3-65)100-56)31(80)21(106-54)11-97-59-49(37(86)27(76)16(5-67)102-59)111-55-41(90)34(83)24(73)13(2-64)99-55/h13-62,64-71,73-95H,2-11H2,1H3,(H,63,72)/t13-,14-,15-,16-,17-,18-,19-,20-,21-,22-,23-,24-,25-,26-,27-,28-,29-,30-,31-,32-,33-,34+,35+,36+,37+,38+,39+,40+,41+,42+,43+,44+,45+,46-,47+,48+,49+,50+,51+,52+,53-,54+,55-,56-,57-,58-,59+,60-,61-,62-/m1/s1. The van der Waals surface area contributed by atoms with Gasteiger partial charge in [-0.05, 0) is 0 Å². The van der Waals surface area contributed by atoms with Crippen LogP contribution < -0.4 is 5.32 Å². The lowest BCUT2D eigenvalue weighted by atomic mass is 9.94. The zero-order chi connectivity index (χ0) is 83.7. The Kier molecular flexibility index (Phi) is 33.4. The van der Waals surface area contributed by atoms with E-state index in [9.17, 15) is 163 Å². The van der Waals surface area contributed by atoms with Gasteiger partial charge in [-0.25, -0.2) is 0 Å². The number of rotatable bonds is 29. The number of hydrogen-bond acceptors (Lipinski definition) is 51. The Morgan fingerprint density at radius 2 is 0.465 bits per heavy atom. The van der Waals surface area contributed by atoms with E-state index >= 15 is 0 Å². The van der Waals surface area contributed by atoms with E-state index in [0.29, 0.717) is 0 Å². The van der Waals surface area contributed by atoms with Crippen LogP contribution in [0.4, 0.5) is 0 Å². The fraction of sp³-hybridized carbons (Fsp3) is 0.984. The lowest BCUT2D eigenvalue weighted by Crippen LogP contribution is -2.69. The van der Waals surface area contributed by atoms with Gasteiger partial charge in [-0.1, -0.05) is 0 Å². The Morgan fingerprint density at radius 1 is 0.228 bits per heavy atom. The summed E-state index contributed by atoms with van der Waals surface area (Å²) in [5.41, 5.74) is 0. The zero-order valence-electron chi connectivity index (χ0n) is 60.0. The Morgan fingerprint density at radius 3 is 0.789 bits per heavy atom. The monoisotopic (exact) mass is 1680 g/mol. The Labute approximate surface area is 642 Å². The van der Waals surface area contributed by atoms with Crippen LogP contribution in [0.5, 0.6) is 0 Å². The molecule has 664 valence electrons. The number of aliphatic hydroxyl groups is 31. The molecule has 0 aromatic rings. The number of nitrogens with one attached hydrogen (secondary N) is 1. The maximum Gasteiger partial charge on any atom is 0.217 e. The van der Waals surface area contributed by atoms with Gasteiger partial charge < -0.3 is 254 Å². The molecule has 1 amide bonds. The van der Waals surface area contributed by atoms with E-state index in [1.165, 1.54) is 0 Å². The van der Waals surface area contributed by atoms with Gasteiger partial charge in [0.05, 0.1) is 66.1 Å². The van der Waals surface area contributed by atoms with Crippen LogP contribution in [0.15, 0.2) is 0 Å². The highest BCUT2D eigenvalue weighted by atomic mass is 16.8. The Hall–Kier alpha value is -2.53. The molecule has 10 saturated heterocycles. The van der Waals surface area contributed by atoms with Gasteiger partial charge in [0.25, 0.3) is 0 Å². The minimum atomic E-state index is -2.57. The van der Waals surface area contributed by atoms with Crippen molar-refractivity contribution in [3.63, 3.8) is 0 Å². The maximum absolute atomic E-state index is 12.6. The number of amides is 1. The first-order valence-corrected chi connectivity index (χ1v) is 36.2. The second-order valence-corrected chi connectivity index (χ2v) is 28.8. The van der Waals surface area contributed by atoms with Crippen LogP contribution in [-0.2, 0) is 94.8 Å². The second-order valence-electron chi connectivity index (χ2n) is 28.8. The average molecular weight is 1680 g/mol. The molecular formula is C62H105NO51. The third-order valence-corrected chi connectivity index (χ3v) is 21.3. The number of hydrogen-bond donors (Lipinski definition) is 32. The topological polar surface area (TPSA) is 832 Å². The van der Waals surface area contributed by atoms with Crippen molar-refractivity contribution in [2.24, 2.45) is 0 Å². The van der Waals surface area contributed by atoms with E-state index in [2.05, 4.69) is 5.32 Å². The van der Waals surface area contributed by atoms with E-state index in [0.717, 1.165) is 6.92 Å². The van der Waals surface area contributed by atoms with Crippen LogP contribution in [0.3, 0.4) is 0 Å². The number of carbonyl (C=O) groups excluding carboxylic acids is 1. The van der Waals surface area contributed by atoms with E-state index < -0.39 is 379 Å². The largest absolute Gasteiger partial charge is 0.394 e. The molecule has 10 fully saturated rings. The fourth-order valence-electron chi connectivity index (χ4n) is 14.6. The highest BCUT2D eigenvalue weighted by Gasteiger charge is 2.61. The SMILES string of the molecule is CC(=O)N[C@@H]1[C@@H](O)[C@H](O[C@H]2O[C@H](CO[C@H]3O[C@H](CO[C@H]4O[C@H](CO)[C@@H](O)[C@H](O)[C@@H]4O[C@H]4O[C@H](CO)[C@@H](O)[C@H](O)[C@@H]4O)[C@@H](O)[C@H](O[C@H]4O[C@H](CO)[C@@H](O)[C@H](O)[C@@H]4O[C@H]4O[C@H](CO)[C@@H](O)[C@H](O)[C@@H]4O)[C@@H]3O)[C@@H](O)[C@H](O[C@H]3O[C@H](CO)[C@@H](O)[C@H](O)[C@@H]3O[C@H]3O[C@H](CO)[C@@H](O)[C@H](O)[C@@H]3O[C@H]3O[C@H](CO)[C@@H](O)[C@H](O)[C@@H]3O)[C@@H]2O)[C@@H](CO)O[C@H]1O. The first-order chi connectivity index (χ1) is 54.0. The van der Waals surface area contributed by atoms with Gasteiger partial charge in [-0.2, -0.15) is 0 Å². The van der Waals surface area contributed by atoms with E-state index in [4.69, 9.17) is 90.0 Å². The summed E-state index contributed by atoms with van der Waals surface area (Å²) < 4.78 is 111. The normalized spacial score (nSPS) is 52.6. The van der Waals surface area contributed by atoms with Crippen LogP contribution in [0.2, 0.25) is 0 Å². The lowest BCUT2D eigenvalue weighted by Gasteiger charge is -2.50. The van der Waals surface area contributed by atoms with E-state index in [1.54, 1.807) is 0 Å². The molecule has 0 aromatic carbocycles. The molecule has 0 aromatic heterocycles. The summed E-state index contributed by atoms with van der Waals surface area (Å²) in [5.74, 6) is -0.882. The molecule has 0 aliphatic carbocycles. The van der Waals surface area contributed by atoms with Crippen LogP contribution in [-0.4, -0.2) is 537 Å². The summed E-state index contributed by atoms with van der Waals surface area (Å²) in [4.78, 5) is 12.4. The summed E-state index contributed by atoms with van der Waals surface area (Å²) in [6.07, 6.45) is -107.